The number of hydrogen-bond acceptors (Lipinski definition) is 3. The minimum absolute atomic E-state index is 0.0695. The van der Waals surface area contributed by atoms with Crippen molar-refractivity contribution < 1.29 is 13.2 Å². The lowest BCUT2D eigenvalue weighted by Gasteiger charge is -2.11. The molecule has 3 nitrogen and oxygen atoms in total. The molecular formula is C21H14BrClO3S. The van der Waals surface area contributed by atoms with Crippen LogP contribution in [-0.4, -0.2) is 14.2 Å². The summed E-state index contributed by atoms with van der Waals surface area (Å²) in [5.41, 5.74) is 0.879. The van der Waals surface area contributed by atoms with Gasteiger partial charge in [-0.25, -0.2) is 8.42 Å². The number of sulfone groups is 1. The van der Waals surface area contributed by atoms with Crippen LogP contribution < -0.4 is 0 Å². The topological polar surface area (TPSA) is 51.2 Å². The van der Waals surface area contributed by atoms with Gasteiger partial charge in [-0.3, -0.25) is 4.79 Å². The molecule has 3 aromatic carbocycles. The molecule has 0 aliphatic rings. The quantitative estimate of drug-likeness (QED) is 0.356. The lowest BCUT2D eigenvalue weighted by molar-refractivity contribution is 0.104. The summed E-state index contributed by atoms with van der Waals surface area (Å²) in [4.78, 5) is 12.6. The van der Waals surface area contributed by atoms with E-state index in [0.717, 1.165) is 4.47 Å². The van der Waals surface area contributed by atoms with E-state index in [0.29, 0.717) is 5.56 Å². The Morgan fingerprint density at radius 3 is 2.07 bits per heavy atom. The van der Waals surface area contributed by atoms with E-state index < -0.39 is 15.6 Å². The van der Waals surface area contributed by atoms with E-state index in [2.05, 4.69) is 15.9 Å². The predicted octanol–water partition coefficient (Wildman–Crippen LogP) is 5.80. The van der Waals surface area contributed by atoms with Gasteiger partial charge in [0.2, 0.25) is 15.6 Å². The highest BCUT2D eigenvalue weighted by Gasteiger charge is 2.29. The fraction of sp³-hybridized carbons (Fsp3) is 0. The van der Waals surface area contributed by atoms with Gasteiger partial charge in [-0.2, -0.15) is 0 Å². The number of hydrogen-bond donors (Lipinski definition) is 0. The summed E-state index contributed by atoms with van der Waals surface area (Å²) in [7, 11) is -4.12. The van der Waals surface area contributed by atoms with Crippen molar-refractivity contribution in [3.8, 4) is 0 Å². The second-order valence-electron chi connectivity index (χ2n) is 5.69. The van der Waals surface area contributed by atoms with Gasteiger partial charge in [0.25, 0.3) is 0 Å². The zero-order valence-electron chi connectivity index (χ0n) is 14.0. The number of benzene rings is 3. The molecule has 6 heteroatoms. The van der Waals surface area contributed by atoms with Crippen LogP contribution in [0.4, 0.5) is 0 Å². The number of rotatable bonds is 5. The van der Waals surface area contributed by atoms with Crippen molar-refractivity contribution in [3.05, 3.63) is 104 Å². The van der Waals surface area contributed by atoms with Gasteiger partial charge < -0.3 is 0 Å². The van der Waals surface area contributed by atoms with Crippen LogP contribution in [0.2, 0.25) is 5.02 Å². The first-order chi connectivity index (χ1) is 12.9. The molecule has 0 amide bonds. The van der Waals surface area contributed by atoms with Crippen LogP contribution in [-0.2, 0) is 9.84 Å². The Bertz CT molecular complexity index is 1110. The van der Waals surface area contributed by atoms with Gasteiger partial charge in [-0.1, -0.05) is 82.1 Å². The second kappa shape index (κ2) is 8.21. The monoisotopic (exact) mass is 460 g/mol. The molecule has 0 atom stereocenters. The van der Waals surface area contributed by atoms with Gasteiger partial charge in [0.1, 0.15) is 4.91 Å². The Hall–Kier alpha value is -2.21. The Balaban J connectivity index is 2.20. The summed E-state index contributed by atoms with van der Waals surface area (Å²) in [5, 5.41) is 0.0695. The summed E-state index contributed by atoms with van der Waals surface area (Å²) in [6.07, 6.45) is 1.38. The van der Waals surface area contributed by atoms with Crippen LogP contribution in [0.25, 0.3) is 6.08 Å². The Morgan fingerprint density at radius 1 is 0.852 bits per heavy atom. The molecule has 0 aliphatic heterocycles. The zero-order chi connectivity index (χ0) is 19.4. The molecule has 0 fully saturated rings. The van der Waals surface area contributed by atoms with E-state index in [1.165, 1.54) is 18.2 Å². The molecular weight excluding hydrogens is 448 g/mol. The molecule has 0 unspecified atom stereocenters. The Morgan fingerprint density at radius 2 is 1.44 bits per heavy atom. The molecule has 27 heavy (non-hydrogen) atoms. The van der Waals surface area contributed by atoms with Crippen molar-refractivity contribution in [1.82, 2.24) is 0 Å². The minimum atomic E-state index is -4.12. The summed E-state index contributed by atoms with van der Waals surface area (Å²) in [5.74, 6) is -0.585. The molecule has 3 aromatic rings. The lowest BCUT2D eigenvalue weighted by Crippen LogP contribution is -2.15. The van der Waals surface area contributed by atoms with Crippen LogP contribution >= 0.6 is 27.5 Å². The largest absolute Gasteiger partial charge is 0.288 e. The van der Waals surface area contributed by atoms with Crippen molar-refractivity contribution >= 4 is 49.2 Å². The van der Waals surface area contributed by atoms with Crippen LogP contribution in [0.5, 0.6) is 0 Å². The van der Waals surface area contributed by atoms with Gasteiger partial charge in [0.15, 0.2) is 0 Å². The maximum atomic E-state index is 13.3. The number of halogens is 2. The fourth-order valence-corrected chi connectivity index (χ4v) is 4.67. The van der Waals surface area contributed by atoms with Gasteiger partial charge in [-0.05, 0) is 35.9 Å². The molecule has 0 aromatic heterocycles. The predicted molar refractivity (Wildman–Crippen MR) is 112 cm³/mol. The maximum Gasteiger partial charge on any atom is 0.211 e. The van der Waals surface area contributed by atoms with E-state index in [4.69, 9.17) is 11.6 Å². The Kier molecular flexibility index (Phi) is 5.95. The van der Waals surface area contributed by atoms with Gasteiger partial charge in [0.05, 0.1) is 9.92 Å². The third kappa shape index (κ3) is 4.38. The van der Waals surface area contributed by atoms with Crippen molar-refractivity contribution in [1.29, 1.82) is 0 Å². The van der Waals surface area contributed by atoms with Crippen molar-refractivity contribution in [2.75, 3.05) is 0 Å². The summed E-state index contributed by atoms with van der Waals surface area (Å²) < 4.78 is 27.4. The number of Topliss-reactive ketones (excluding diaryl/α,β-unsaturated/α-hetero) is 1. The normalized spacial score (nSPS) is 12.0. The standard InChI is InChI=1S/C21H14BrClO3S/c22-17-12-10-15(11-13-17)14-20(21(24)16-6-2-1-3-7-16)27(25,26)19-9-5-4-8-18(19)23/h1-14H/b20-14+. The van der Waals surface area contributed by atoms with E-state index >= 15 is 0 Å². The molecule has 0 saturated carbocycles. The number of allylic oxidation sites excluding steroid dienone is 1. The SMILES string of the molecule is O=C(/C(=C\c1ccc(Br)cc1)S(=O)(=O)c1ccccc1Cl)c1ccccc1. The molecule has 0 heterocycles. The van der Waals surface area contributed by atoms with E-state index in [1.807, 2.05) is 0 Å². The maximum absolute atomic E-state index is 13.3. The number of carbonyl (C=O) groups excluding carboxylic acids is 1. The molecule has 0 bridgehead atoms. The van der Waals surface area contributed by atoms with Crippen LogP contribution in [0.3, 0.4) is 0 Å². The van der Waals surface area contributed by atoms with Crippen molar-refractivity contribution in [2.24, 2.45) is 0 Å². The molecule has 0 radical (unpaired) electrons. The van der Waals surface area contributed by atoms with Crippen LogP contribution in [0.1, 0.15) is 15.9 Å². The highest BCUT2D eigenvalue weighted by molar-refractivity contribution is 9.10. The number of carbonyl (C=O) groups is 1. The highest BCUT2D eigenvalue weighted by atomic mass is 79.9. The lowest BCUT2D eigenvalue weighted by atomic mass is 10.1. The highest BCUT2D eigenvalue weighted by Crippen LogP contribution is 2.30. The van der Waals surface area contributed by atoms with E-state index in [9.17, 15) is 13.2 Å². The Labute approximate surface area is 171 Å². The van der Waals surface area contributed by atoms with Crippen molar-refractivity contribution in [3.63, 3.8) is 0 Å². The molecule has 0 saturated heterocycles. The molecule has 3 rings (SSSR count). The average molecular weight is 462 g/mol. The van der Waals surface area contributed by atoms with Crippen LogP contribution in [0.15, 0.2) is 93.1 Å². The van der Waals surface area contributed by atoms with Crippen LogP contribution in [0, 0.1) is 0 Å². The average Bonchev–Trinajstić information content (AvgIpc) is 2.68. The number of ketones is 1. The summed E-state index contributed by atoms with van der Waals surface area (Å²) >= 11 is 9.44. The van der Waals surface area contributed by atoms with Gasteiger partial charge in [-0.15, -0.1) is 0 Å². The molecule has 0 spiro atoms. The van der Waals surface area contributed by atoms with E-state index in [1.54, 1.807) is 66.7 Å². The van der Waals surface area contributed by atoms with Gasteiger partial charge >= 0.3 is 0 Å². The fourth-order valence-electron chi connectivity index (χ4n) is 2.49. The second-order valence-corrected chi connectivity index (χ2v) is 8.90. The molecule has 136 valence electrons. The minimum Gasteiger partial charge on any atom is -0.288 e. The smallest absolute Gasteiger partial charge is 0.211 e. The zero-order valence-corrected chi connectivity index (χ0v) is 17.1. The third-order valence-electron chi connectivity index (χ3n) is 3.84. The summed E-state index contributed by atoms with van der Waals surface area (Å²) in [6, 6.07) is 21.4. The first-order valence-corrected chi connectivity index (χ1v) is 10.6. The molecule has 0 N–H and O–H groups in total. The first kappa shape index (κ1) is 19.5. The first-order valence-electron chi connectivity index (χ1n) is 7.96. The summed E-state index contributed by atoms with van der Waals surface area (Å²) in [6.45, 7) is 0. The van der Waals surface area contributed by atoms with Crippen molar-refractivity contribution in [2.45, 2.75) is 4.90 Å². The van der Waals surface area contributed by atoms with E-state index in [-0.39, 0.29) is 20.4 Å². The van der Waals surface area contributed by atoms with Gasteiger partial charge in [0, 0.05) is 10.0 Å². The third-order valence-corrected chi connectivity index (χ3v) is 6.63. The molecule has 0 aliphatic carbocycles.